The lowest BCUT2D eigenvalue weighted by molar-refractivity contribution is -0.274. The van der Waals surface area contributed by atoms with Gasteiger partial charge in [0.1, 0.15) is 5.75 Å². The molecule has 0 saturated carbocycles. The van der Waals surface area contributed by atoms with Crippen molar-refractivity contribution in [2.45, 2.75) is 6.36 Å². The van der Waals surface area contributed by atoms with Crippen molar-refractivity contribution in [1.82, 2.24) is 9.97 Å². The van der Waals surface area contributed by atoms with Gasteiger partial charge in [-0.25, -0.2) is 0 Å². The van der Waals surface area contributed by atoms with Crippen LogP contribution in [0, 0.1) is 0 Å². The predicted octanol–water partition coefficient (Wildman–Crippen LogP) is 2.95. The van der Waals surface area contributed by atoms with E-state index in [-0.39, 0.29) is 18.2 Å². The molecule has 7 heteroatoms. The molecule has 3 nitrogen and oxygen atoms in total. The third-order valence-electron chi connectivity index (χ3n) is 1.67. The first-order chi connectivity index (χ1) is 7.04. The molecule has 2 rings (SSSR count). The van der Waals surface area contributed by atoms with E-state index < -0.39 is 6.36 Å². The molecule has 0 unspecified atom stereocenters. The van der Waals surface area contributed by atoms with Gasteiger partial charge in [0.25, 0.3) is 0 Å². The van der Waals surface area contributed by atoms with E-state index in [2.05, 4.69) is 14.7 Å². The number of nitrogens with zero attached hydrogens (tertiary/aromatic N) is 2. The Morgan fingerprint density at radius 2 is 1.62 bits per heavy atom. The van der Waals surface area contributed by atoms with Gasteiger partial charge in [-0.1, -0.05) is 0 Å². The minimum Gasteiger partial charge on any atom is -0.406 e. The summed E-state index contributed by atoms with van der Waals surface area (Å²) in [6.07, 6.45) is -1.82. The monoisotopic (exact) mass is 250 g/mol. The largest absolute Gasteiger partial charge is 0.573 e. The fourth-order valence-electron chi connectivity index (χ4n) is 1.14. The number of hydrogen-bond acceptors (Lipinski definition) is 3. The molecule has 0 bridgehead atoms. The lowest BCUT2D eigenvalue weighted by Crippen LogP contribution is -2.17. The van der Waals surface area contributed by atoms with Crippen LogP contribution in [-0.2, 0) is 0 Å². The van der Waals surface area contributed by atoms with E-state index in [0.29, 0.717) is 11.0 Å². The number of halogens is 4. The van der Waals surface area contributed by atoms with E-state index in [1.54, 1.807) is 0 Å². The van der Waals surface area contributed by atoms with Crippen LogP contribution < -0.4 is 4.74 Å². The number of benzene rings is 1. The van der Waals surface area contributed by atoms with Gasteiger partial charge in [-0.05, 0) is 12.1 Å². The van der Waals surface area contributed by atoms with E-state index >= 15 is 0 Å². The summed E-state index contributed by atoms with van der Waals surface area (Å²) in [5.74, 6) is -0.296. The highest BCUT2D eigenvalue weighted by molar-refractivity contribution is 5.85. The van der Waals surface area contributed by atoms with Crippen LogP contribution >= 0.6 is 12.4 Å². The Balaban J connectivity index is 0.00000128. The summed E-state index contributed by atoms with van der Waals surface area (Å²) in [5.41, 5.74) is 0.881. The Morgan fingerprint density at radius 3 is 2.25 bits per heavy atom. The van der Waals surface area contributed by atoms with Gasteiger partial charge in [0, 0.05) is 18.5 Å². The standard InChI is InChI=1S/C9H5F3N2O.ClH/c10-9(11,12)15-6-1-2-7-8(5-6)14-4-3-13-7;/h1-5H;1H. The van der Waals surface area contributed by atoms with Crippen molar-refractivity contribution >= 4 is 23.4 Å². The van der Waals surface area contributed by atoms with E-state index in [0.717, 1.165) is 0 Å². The Bertz CT molecular complexity index is 489. The number of hydrogen-bond donors (Lipinski definition) is 0. The van der Waals surface area contributed by atoms with Crippen molar-refractivity contribution in [2.75, 3.05) is 0 Å². The predicted molar refractivity (Wildman–Crippen MR) is 53.5 cm³/mol. The number of fused-ring (bicyclic) bond motifs is 1. The highest BCUT2D eigenvalue weighted by Gasteiger charge is 2.31. The normalized spacial score (nSPS) is 10.9. The van der Waals surface area contributed by atoms with Crippen LogP contribution in [0.3, 0.4) is 0 Å². The molecule has 0 aliphatic rings. The van der Waals surface area contributed by atoms with E-state index in [1.165, 1.54) is 30.6 Å². The quantitative estimate of drug-likeness (QED) is 0.780. The summed E-state index contributed by atoms with van der Waals surface area (Å²) in [4.78, 5) is 7.78. The van der Waals surface area contributed by atoms with Crippen LogP contribution in [0.15, 0.2) is 30.6 Å². The zero-order valence-electron chi connectivity index (χ0n) is 7.73. The molecule has 0 saturated heterocycles. The number of rotatable bonds is 1. The van der Waals surface area contributed by atoms with Gasteiger partial charge < -0.3 is 4.74 Å². The fraction of sp³-hybridized carbons (Fsp3) is 0.111. The molecule has 16 heavy (non-hydrogen) atoms. The summed E-state index contributed by atoms with van der Waals surface area (Å²) < 4.78 is 39.4. The van der Waals surface area contributed by atoms with Crippen molar-refractivity contribution in [1.29, 1.82) is 0 Å². The Morgan fingerprint density at radius 1 is 1.00 bits per heavy atom. The molecular formula is C9H6ClF3N2O. The van der Waals surface area contributed by atoms with Crippen LogP contribution in [0.25, 0.3) is 11.0 Å². The maximum absolute atomic E-state index is 11.9. The van der Waals surface area contributed by atoms with Gasteiger partial charge in [-0.2, -0.15) is 0 Å². The summed E-state index contributed by atoms with van der Waals surface area (Å²) in [7, 11) is 0. The summed E-state index contributed by atoms with van der Waals surface area (Å²) in [5, 5.41) is 0. The van der Waals surface area contributed by atoms with Crippen molar-refractivity contribution in [2.24, 2.45) is 0 Å². The van der Waals surface area contributed by atoms with Gasteiger partial charge in [0.05, 0.1) is 11.0 Å². The van der Waals surface area contributed by atoms with Crippen LogP contribution in [0.4, 0.5) is 13.2 Å². The summed E-state index contributed by atoms with van der Waals surface area (Å²) in [6.45, 7) is 0. The van der Waals surface area contributed by atoms with E-state index in [4.69, 9.17) is 0 Å². The topological polar surface area (TPSA) is 35.0 Å². The molecule has 1 aromatic heterocycles. The molecule has 0 spiro atoms. The average Bonchev–Trinajstić information content (AvgIpc) is 2.15. The highest BCUT2D eigenvalue weighted by atomic mass is 35.5. The molecule has 0 fully saturated rings. The number of ether oxygens (including phenoxy) is 1. The van der Waals surface area contributed by atoms with Crippen LogP contribution in [-0.4, -0.2) is 16.3 Å². The molecule has 0 aliphatic heterocycles. The van der Waals surface area contributed by atoms with Crippen molar-refractivity contribution in [3.8, 4) is 5.75 Å². The summed E-state index contributed by atoms with van der Waals surface area (Å²) >= 11 is 0. The van der Waals surface area contributed by atoms with Gasteiger partial charge in [-0.3, -0.25) is 9.97 Å². The maximum atomic E-state index is 11.9. The molecule has 1 heterocycles. The number of aromatic nitrogens is 2. The molecule has 0 atom stereocenters. The second-order valence-corrected chi connectivity index (χ2v) is 2.75. The first kappa shape index (κ1) is 12.5. The lowest BCUT2D eigenvalue weighted by atomic mass is 10.3. The highest BCUT2D eigenvalue weighted by Crippen LogP contribution is 2.24. The molecular weight excluding hydrogens is 245 g/mol. The SMILES string of the molecule is Cl.FC(F)(F)Oc1ccc2nccnc2c1. The van der Waals surface area contributed by atoms with Gasteiger partial charge in [0.15, 0.2) is 0 Å². The minimum absolute atomic E-state index is 0. The molecule has 0 N–H and O–H groups in total. The third-order valence-corrected chi connectivity index (χ3v) is 1.67. The number of alkyl halides is 3. The molecule has 86 valence electrons. The van der Waals surface area contributed by atoms with Gasteiger partial charge >= 0.3 is 6.36 Å². The van der Waals surface area contributed by atoms with E-state index in [1.807, 2.05) is 0 Å². The molecule has 0 radical (unpaired) electrons. The smallest absolute Gasteiger partial charge is 0.406 e. The van der Waals surface area contributed by atoms with Crippen molar-refractivity contribution < 1.29 is 17.9 Å². The van der Waals surface area contributed by atoms with Crippen LogP contribution in [0.1, 0.15) is 0 Å². The van der Waals surface area contributed by atoms with Gasteiger partial charge in [-0.15, -0.1) is 25.6 Å². The van der Waals surface area contributed by atoms with E-state index in [9.17, 15) is 13.2 Å². The lowest BCUT2D eigenvalue weighted by Gasteiger charge is -2.08. The van der Waals surface area contributed by atoms with Crippen molar-refractivity contribution in [3.63, 3.8) is 0 Å². The zero-order valence-corrected chi connectivity index (χ0v) is 8.55. The fourth-order valence-corrected chi connectivity index (χ4v) is 1.14. The maximum Gasteiger partial charge on any atom is 0.573 e. The zero-order chi connectivity index (χ0) is 10.9. The second-order valence-electron chi connectivity index (χ2n) is 2.75. The first-order valence-electron chi connectivity index (χ1n) is 4.01. The van der Waals surface area contributed by atoms with Crippen molar-refractivity contribution in [3.05, 3.63) is 30.6 Å². The molecule has 1 aromatic carbocycles. The third kappa shape index (κ3) is 2.96. The molecule has 2 aromatic rings. The first-order valence-corrected chi connectivity index (χ1v) is 4.01. The summed E-state index contributed by atoms with van der Waals surface area (Å²) in [6, 6.07) is 3.81. The minimum atomic E-state index is -4.68. The van der Waals surface area contributed by atoms with Crippen LogP contribution in [0.2, 0.25) is 0 Å². The molecule has 0 aliphatic carbocycles. The van der Waals surface area contributed by atoms with Gasteiger partial charge in [0.2, 0.25) is 0 Å². The second kappa shape index (κ2) is 4.52. The Labute approximate surface area is 94.7 Å². The average molecular weight is 251 g/mol. The Kier molecular flexibility index (Phi) is 3.54. The Hall–Kier alpha value is -1.56. The molecule has 0 amide bonds. The van der Waals surface area contributed by atoms with Crippen LogP contribution in [0.5, 0.6) is 5.75 Å².